The first-order valence-corrected chi connectivity index (χ1v) is 16.0. The molecule has 3 saturated carbocycles. The van der Waals surface area contributed by atoms with Crippen LogP contribution in [0.25, 0.3) is 6.08 Å². The summed E-state index contributed by atoms with van der Waals surface area (Å²) in [6.45, 7) is 6.30. The number of carbonyl (C=O) groups is 2. The van der Waals surface area contributed by atoms with Crippen LogP contribution in [0, 0.1) is 29.1 Å². The molecule has 5 rings (SSSR count). The molecule has 0 bridgehead atoms. The van der Waals surface area contributed by atoms with Gasteiger partial charge in [0.2, 0.25) is 5.91 Å². The van der Waals surface area contributed by atoms with Gasteiger partial charge in [-0.1, -0.05) is 19.1 Å². The van der Waals surface area contributed by atoms with Crippen molar-refractivity contribution < 1.29 is 14.3 Å². The van der Waals surface area contributed by atoms with Crippen LogP contribution < -0.4 is 10.2 Å². The fraction of sp³-hybridized carbons (Fsp3) is 0.688. The highest BCUT2D eigenvalue weighted by Gasteiger charge is 2.58. The highest BCUT2D eigenvalue weighted by Crippen LogP contribution is 2.62. The summed E-state index contributed by atoms with van der Waals surface area (Å²) < 4.78 is 5.97. The highest BCUT2D eigenvalue weighted by molar-refractivity contribution is 6.18. The van der Waals surface area contributed by atoms with Gasteiger partial charge in [-0.2, -0.15) is 0 Å². The Labute approximate surface area is 244 Å². The van der Waals surface area contributed by atoms with Crippen molar-refractivity contribution in [2.75, 3.05) is 29.7 Å². The lowest BCUT2D eigenvalue weighted by Gasteiger charge is -2.62. The van der Waals surface area contributed by atoms with E-state index < -0.39 is 0 Å². The van der Waals surface area contributed by atoms with Gasteiger partial charge in [-0.3, -0.25) is 4.79 Å². The van der Waals surface area contributed by atoms with E-state index in [0.29, 0.717) is 47.3 Å². The predicted octanol–water partition coefficient (Wildman–Crippen LogP) is 6.81. The van der Waals surface area contributed by atoms with Gasteiger partial charge in [0, 0.05) is 48.6 Å². The van der Waals surface area contributed by atoms with Crippen molar-refractivity contribution in [2.45, 2.75) is 83.3 Å². The normalized spacial score (nSPS) is 35.9. The van der Waals surface area contributed by atoms with Crippen LogP contribution in [0.5, 0.6) is 0 Å². The molecule has 214 valence electrons. The van der Waals surface area contributed by atoms with E-state index in [0.717, 1.165) is 56.4 Å². The van der Waals surface area contributed by atoms with Crippen molar-refractivity contribution in [3.8, 4) is 0 Å². The summed E-state index contributed by atoms with van der Waals surface area (Å²) in [6.07, 6.45) is 12.9. The molecule has 7 unspecified atom stereocenters. The van der Waals surface area contributed by atoms with Crippen molar-refractivity contribution in [1.82, 2.24) is 5.32 Å². The second-order valence-electron chi connectivity index (χ2n) is 12.8. The number of nitrogens with one attached hydrogen (secondary N) is 1. The summed E-state index contributed by atoms with van der Waals surface area (Å²) in [5, 5.41) is 3.37. The van der Waals surface area contributed by atoms with Crippen LogP contribution in [0.2, 0.25) is 0 Å². The van der Waals surface area contributed by atoms with Crippen LogP contribution >= 0.6 is 23.2 Å². The number of amides is 1. The number of rotatable bonds is 8. The van der Waals surface area contributed by atoms with Crippen LogP contribution in [-0.2, 0) is 14.3 Å². The zero-order valence-corrected chi connectivity index (χ0v) is 25.0. The fourth-order valence-corrected chi connectivity index (χ4v) is 9.15. The van der Waals surface area contributed by atoms with Crippen molar-refractivity contribution in [2.24, 2.45) is 29.1 Å². The molecular weight excluding hydrogens is 531 g/mol. The van der Waals surface area contributed by atoms with Crippen LogP contribution in [0.3, 0.4) is 0 Å². The third kappa shape index (κ3) is 6.00. The van der Waals surface area contributed by atoms with E-state index in [1.807, 2.05) is 30.3 Å². The first-order valence-electron chi connectivity index (χ1n) is 14.9. The molecule has 0 radical (unpaired) electrons. The summed E-state index contributed by atoms with van der Waals surface area (Å²) in [5.74, 6) is 3.71. The molecule has 4 fully saturated rings. The fourth-order valence-electron chi connectivity index (χ4n) is 8.74. The zero-order valence-electron chi connectivity index (χ0n) is 23.5. The SMILES string of the molecule is CC12CCC3C(CCC4CC(OC(=O)/C=C/c5ccc(N(CCCl)CCCl)cc5)CCC43C)C1CCC(=O)N2. The van der Waals surface area contributed by atoms with E-state index in [1.165, 1.54) is 19.3 Å². The molecule has 7 atom stereocenters. The van der Waals surface area contributed by atoms with Gasteiger partial charge in [-0.25, -0.2) is 4.79 Å². The quantitative estimate of drug-likeness (QED) is 0.210. The Hall–Kier alpha value is -1.72. The van der Waals surface area contributed by atoms with Crippen molar-refractivity contribution in [1.29, 1.82) is 0 Å². The third-order valence-corrected chi connectivity index (χ3v) is 11.1. The Balaban J connectivity index is 1.16. The number of hydrogen-bond acceptors (Lipinski definition) is 4. The molecule has 1 heterocycles. The van der Waals surface area contributed by atoms with Crippen molar-refractivity contribution in [3.05, 3.63) is 35.9 Å². The molecule has 7 heteroatoms. The average Bonchev–Trinajstić information content (AvgIpc) is 2.91. The Bertz CT molecular complexity index is 1060. The molecule has 1 amide bonds. The Kier molecular flexibility index (Phi) is 8.88. The summed E-state index contributed by atoms with van der Waals surface area (Å²) in [4.78, 5) is 27.0. The molecule has 1 saturated heterocycles. The topological polar surface area (TPSA) is 58.6 Å². The van der Waals surface area contributed by atoms with Gasteiger partial charge in [-0.05, 0) is 111 Å². The first kappa shape index (κ1) is 28.8. The van der Waals surface area contributed by atoms with Gasteiger partial charge < -0.3 is 15.0 Å². The zero-order chi connectivity index (χ0) is 27.6. The lowest BCUT2D eigenvalue weighted by Crippen LogP contribution is -2.63. The molecule has 0 aromatic heterocycles. The van der Waals surface area contributed by atoms with Gasteiger partial charge in [0.1, 0.15) is 6.10 Å². The summed E-state index contributed by atoms with van der Waals surface area (Å²) >= 11 is 11.9. The number of anilines is 1. The highest BCUT2D eigenvalue weighted by atomic mass is 35.5. The molecular formula is C32H44Cl2N2O3. The lowest BCUT2D eigenvalue weighted by atomic mass is 9.45. The standard InChI is InChI=1S/C32H44Cl2N2O3/c1-31-15-13-25(39-30(38)12-5-22-3-7-24(8-4-22)36(19-17-33)20-18-34)21-23(31)6-9-26-27(31)14-16-32(2)28(26)10-11-29(37)35-32/h3-5,7-8,12,23,25-28H,6,9-11,13-21H2,1-2H3,(H,35,37)/b12-5+. The van der Waals surface area contributed by atoms with Crippen LogP contribution in [0.4, 0.5) is 5.69 Å². The minimum atomic E-state index is -0.251. The third-order valence-electron chi connectivity index (χ3n) is 10.8. The van der Waals surface area contributed by atoms with Crippen molar-refractivity contribution in [3.63, 3.8) is 0 Å². The number of halogens is 2. The molecule has 39 heavy (non-hydrogen) atoms. The number of alkyl halides is 2. The largest absolute Gasteiger partial charge is 0.459 e. The van der Waals surface area contributed by atoms with E-state index in [-0.39, 0.29) is 23.5 Å². The minimum absolute atomic E-state index is 0.00152. The minimum Gasteiger partial charge on any atom is -0.459 e. The second-order valence-corrected chi connectivity index (χ2v) is 13.6. The summed E-state index contributed by atoms with van der Waals surface area (Å²) in [7, 11) is 0. The maximum Gasteiger partial charge on any atom is 0.331 e. The number of nitrogens with zero attached hydrogens (tertiary/aromatic N) is 1. The van der Waals surface area contributed by atoms with E-state index in [9.17, 15) is 9.59 Å². The molecule has 1 aliphatic heterocycles. The number of piperidine rings is 1. The van der Waals surface area contributed by atoms with Crippen LogP contribution in [-0.4, -0.2) is 48.4 Å². The number of benzene rings is 1. The molecule has 0 spiro atoms. The van der Waals surface area contributed by atoms with E-state index in [1.54, 1.807) is 6.08 Å². The van der Waals surface area contributed by atoms with Gasteiger partial charge in [0.25, 0.3) is 0 Å². The Morgan fingerprint density at radius 1 is 1.03 bits per heavy atom. The first-order chi connectivity index (χ1) is 18.8. The van der Waals surface area contributed by atoms with Gasteiger partial charge >= 0.3 is 5.97 Å². The predicted molar refractivity (Wildman–Crippen MR) is 159 cm³/mol. The number of fused-ring (bicyclic) bond motifs is 5. The molecule has 1 N–H and O–H groups in total. The van der Waals surface area contributed by atoms with Gasteiger partial charge in [0.15, 0.2) is 0 Å². The lowest BCUT2D eigenvalue weighted by molar-refractivity contribution is -0.158. The molecule has 1 aromatic carbocycles. The molecule has 3 aliphatic carbocycles. The summed E-state index contributed by atoms with van der Waals surface area (Å²) in [6, 6.07) is 8.09. The Morgan fingerprint density at radius 3 is 2.49 bits per heavy atom. The van der Waals surface area contributed by atoms with Gasteiger partial charge in [-0.15, -0.1) is 23.2 Å². The smallest absolute Gasteiger partial charge is 0.331 e. The molecule has 1 aromatic rings. The number of hydrogen-bond donors (Lipinski definition) is 1. The van der Waals surface area contributed by atoms with E-state index in [4.69, 9.17) is 27.9 Å². The van der Waals surface area contributed by atoms with E-state index in [2.05, 4.69) is 24.1 Å². The van der Waals surface area contributed by atoms with Crippen LogP contribution in [0.15, 0.2) is 30.3 Å². The number of ether oxygens (including phenoxy) is 1. The number of carbonyl (C=O) groups excluding carboxylic acids is 2. The Morgan fingerprint density at radius 2 is 1.77 bits per heavy atom. The maximum absolute atomic E-state index is 12.7. The van der Waals surface area contributed by atoms with Crippen LogP contribution in [0.1, 0.15) is 77.2 Å². The van der Waals surface area contributed by atoms with E-state index >= 15 is 0 Å². The second kappa shape index (κ2) is 12.0. The summed E-state index contributed by atoms with van der Waals surface area (Å²) in [5.41, 5.74) is 2.33. The number of esters is 1. The molecule has 5 nitrogen and oxygen atoms in total. The monoisotopic (exact) mass is 574 g/mol. The van der Waals surface area contributed by atoms with Crippen molar-refractivity contribution >= 4 is 46.8 Å². The molecule has 4 aliphatic rings. The maximum atomic E-state index is 12.7. The average molecular weight is 576 g/mol. The van der Waals surface area contributed by atoms with Gasteiger partial charge in [0.05, 0.1) is 0 Å².